The molecule has 156 valence electrons. The molecule has 0 bridgehead atoms. The molecule has 29 heavy (non-hydrogen) atoms. The molecular weight excluding hydrogens is 383 g/mol. The highest BCUT2D eigenvalue weighted by atomic mass is 19.4. The summed E-state index contributed by atoms with van der Waals surface area (Å²) in [7, 11) is 0. The van der Waals surface area contributed by atoms with Gasteiger partial charge in [-0.2, -0.15) is 13.2 Å². The molecule has 1 aliphatic carbocycles. The molecule has 2 aromatic rings. The summed E-state index contributed by atoms with van der Waals surface area (Å²) in [6.45, 7) is 5.69. The van der Waals surface area contributed by atoms with E-state index in [4.69, 9.17) is 4.74 Å². The Kier molecular flexibility index (Phi) is 5.73. The molecule has 0 spiro atoms. The molecule has 1 amide bonds. The molecule has 0 aliphatic heterocycles. The zero-order chi connectivity index (χ0) is 21.2. The number of hydrogen-bond donors (Lipinski definition) is 1. The molecular formula is C21H24F3N3O2. The zero-order valence-electron chi connectivity index (χ0n) is 16.6. The van der Waals surface area contributed by atoms with E-state index < -0.39 is 23.8 Å². The Morgan fingerprint density at radius 1 is 1.31 bits per heavy atom. The third kappa shape index (κ3) is 5.19. The number of nitrogens with zero attached hydrogens (tertiary/aromatic N) is 2. The number of amides is 1. The number of imidazole rings is 1. The van der Waals surface area contributed by atoms with Gasteiger partial charge in [0.25, 0.3) is 0 Å². The predicted octanol–water partition coefficient (Wildman–Crippen LogP) is 4.92. The summed E-state index contributed by atoms with van der Waals surface area (Å²) in [6, 6.07) is 5.58. The highest BCUT2D eigenvalue weighted by Crippen LogP contribution is 2.35. The van der Waals surface area contributed by atoms with Crippen molar-refractivity contribution in [2.45, 2.75) is 45.4 Å². The third-order valence-electron chi connectivity index (χ3n) is 4.43. The number of aromatic nitrogens is 2. The molecule has 5 nitrogen and oxygen atoms in total. The number of ether oxygens (including phenoxy) is 1. The van der Waals surface area contributed by atoms with Crippen molar-refractivity contribution in [2.24, 2.45) is 5.92 Å². The number of hydrogen-bond acceptors (Lipinski definition) is 3. The fraction of sp³-hybridized carbons (Fsp3) is 0.429. The molecule has 0 saturated heterocycles. The van der Waals surface area contributed by atoms with Crippen molar-refractivity contribution >= 4 is 17.2 Å². The summed E-state index contributed by atoms with van der Waals surface area (Å²) >= 11 is 0. The first-order chi connectivity index (χ1) is 13.5. The van der Waals surface area contributed by atoms with E-state index in [0.29, 0.717) is 30.1 Å². The van der Waals surface area contributed by atoms with Gasteiger partial charge in [0, 0.05) is 19.2 Å². The second kappa shape index (κ2) is 7.93. The lowest BCUT2D eigenvalue weighted by Crippen LogP contribution is -2.33. The molecule has 0 aromatic carbocycles. The van der Waals surface area contributed by atoms with Crippen LogP contribution >= 0.6 is 0 Å². The number of allylic oxidation sites excluding steroid dienone is 4. The average molecular weight is 407 g/mol. The first-order valence-electron chi connectivity index (χ1n) is 9.43. The van der Waals surface area contributed by atoms with Gasteiger partial charge < -0.3 is 14.5 Å². The Labute approximate surface area is 167 Å². The Bertz CT molecular complexity index is 952. The number of rotatable bonds is 4. The van der Waals surface area contributed by atoms with Crippen LogP contribution < -0.4 is 5.32 Å². The molecule has 3 rings (SSSR count). The van der Waals surface area contributed by atoms with E-state index in [1.165, 1.54) is 12.2 Å². The van der Waals surface area contributed by atoms with E-state index in [9.17, 15) is 18.0 Å². The van der Waals surface area contributed by atoms with E-state index in [0.717, 1.165) is 5.52 Å². The number of halogens is 3. The molecule has 1 N–H and O–H groups in total. The van der Waals surface area contributed by atoms with Crippen molar-refractivity contribution in [3.05, 3.63) is 54.1 Å². The van der Waals surface area contributed by atoms with Gasteiger partial charge in [0.1, 0.15) is 11.4 Å². The van der Waals surface area contributed by atoms with Gasteiger partial charge in [-0.1, -0.05) is 24.3 Å². The van der Waals surface area contributed by atoms with Crippen molar-refractivity contribution in [3.8, 4) is 0 Å². The first-order valence-corrected chi connectivity index (χ1v) is 9.43. The standard InChI is InChI=1S/C21H24F3N3O2/c1-20(2,3)29-19(28)25-12-11-17-26-18(16-6-4-5-13-27(16)17)14-7-9-15(10-8-14)21(22,23)24/h4-9,13,15H,10-12H2,1-3H3,(H,25,28). The van der Waals surface area contributed by atoms with Gasteiger partial charge in [-0.15, -0.1) is 0 Å². The average Bonchev–Trinajstić information content (AvgIpc) is 2.99. The van der Waals surface area contributed by atoms with Crippen LogP contribution in [0.25, 0.3) is 11.1 Å². The summed E-state index contributed by atoms with van der Waals surface area (Å²) in [6.07, 6.45) is 1.70. The molecule has 2 heterocycles. The molecule has 0 fully saturated rings. The fourth-order valence-corrected chi connectivity index (χ4v) is 3.12. The smallest absolute Gasteiger partial charge is 0.407 e. The maximum absolute atomic E-state index is 12.9. The van der Waals surface area contributed by atoms with Crippen molar-refractivity contribution in [1.29, 1.82) is 0 Å². The van der Waals surface area contributed by atoms with Crippen molar-refractivity contribution in [3.63, 3.8) is 0 Å². The van der Waals surface area contributed by atoms with Gasteiger partial charge in [0.15, 0.2) is 0 Å². The predicted molar refractivity (Wildman–Crippen MR) is 104 cm³/mol. The van der Waals surface area contributed by atoms with Gasteiger partial charge in [-0.25, -0.2) is 9.78 Å². The summed E-state index contributed by atoms with van der Waals surface area (Å²) in [5.74, 6) is -0.753. The van der Waals surface area contributed by atoms with E-state index in [1.807, 2.05) is 28.8 Å². The van der Waals surface area contributed by atoms with Crippen LogP contribution in [-0.2, 0) is 11.2 Å². The van der Waals surface area contributed by atoms with Crippen LogP contribution in [0.3, 0.4) is 0 Å². The number of alkyl carbamates (subject to hydrolysis) is 1. The van der Waals surface area contributed by atoms with Crippen molar-refractivity contribution in [2.75, 3.05) is 6.54 Å². The topological polar surface area (TPSA) is 55.6 Å². The minimum Gasteiger partial charge on any atom is -0.444 e. The first kappa shape index (κ1) is 21.0. The number of carbonyl (C=O) groups excluding carboxylic acids is 1. The van der Waals surface area contributed by atoms with Crippen LogP contribution in [0.5, 0.6) is 0 Å². The number of pyridine rings is 1. The number of fused-ring (bicyclic) bond motifs is 1. The summed E-state index contributed by atoms with van der Waals surface area (Å²) < 4.78 is 45.8. The minimum absolute atomic E-state index is 0.100. The monoisotopic (exact) mass is 407 g/mol. The molecule has 0 saturated carbocycles. The Balaban J connectivity index is 1.76. The lowest BCUT2D eigenvalue weighted by atomic mass is 9.94. The zero-order valence-corrected chi connectivity index (χ0v) is 16.6. The van der Waals surface area contributed by atoms with Crippen LogP contribution in [-0.4, -0.2) is 33.8 Å². The van der Waals surface area contributed by atoms with Gasteiger partial charge in [-0.3, -0.25) is 0 Å². The van der Waals surface area contributed by atoms with Crippen LogP contribution in [0.1, 0.15) is 38.7 Å². The fourth-order valence-electron chi connectivity index (χ4n) is 3.12. The highest BCUT2D eigenvalue weighted by Gasteiger charge is 2.38. The van der Waals surface area contributed by atoms with Gasteiger partial charge in [0.05, 0.1) is 17.1 Å². The van der Waals surface area contributed by atoms with Gasteiger partial charge in [0.2, 0.25) is 0 Å². The Morgan fingerprint density at radius 2 is 2.07 bits per heavy atom. The van der Waals surface area contributed by atoms with E-state index in [-0.39, 0.29) is 6.42 Å². The van der Waals surface area contributed by atoms with Crippen molar-refractivity contribution in [1.82, 2.24) is 14.7 Å². The van der Waals surface area contributed by atoms with Crippen LogP contribution in [0.15, 0.2) is 42.6 Å². The molecule has 1 atom stereocenters. The van der Waals surface area contributed by atoms with Crippen LogP contribution in [0.2, 0.25) is 0 Å². The van der Waals surface area contributed by atoms with E-state index >= 15 is 0 Å². The number of alkyl halides is 3. The molecule has 8 heteroatoms. The summed E-state index contributed by atoms with van der Waals surface area (Å²) in [5.41, 5.74) is 1.53. The second-order valence-electron chi connectivity index (χ2n) is 7.91. The lowest BCUT2D eigenvalue weighted by Gasteiger charge is -2.19. The second-order valence-corrected chi connectivity index (χ2v) is 7.91. The van der Waals surface area contributed by atoms with Gasteiger partial charge in [-0.05, 0) is 44.9 Å². The lowest BCUT2D eigenvalue weighted by molar-refractivity contribution is -0.160. The Hall–Kier alpha value is -2.77. The third-order valence-corrected chi connectivity index (χ3v) is 4.43. The van der Waals surface area contributed by atoms with E-state index in [1.54, 1.807) is 26.8 Å². The minimum atomic E-state index is -4.24. The normalized spacial score (nSPS) is 17.3. The molecule has 1 aliphatic rings. The van der Waals surface area contributed by atoms with E-state index in [2.05, 4.69) is 10.3 Å². The van der Waals surface area contributed by atoms with Crippen LogP contribution in [0, 0.1) is 5.92 Å². The molecule has 0 radical (unpaired) electrons. The SMILES string of the molecule is CC(C)(C)OC(=O)NCCc1nc(C2=CCC(C(F)(F)F)C=C2)c2ccccn12. The number of carbonyl (C=O) groups is 1. The highest BCUT2D eigenvalue weighted by molar-refractivity contribution is 5.82. The maximum atomic E-state index is 12.9. The van der Waals surface area contributed by atoms with Crippen LogP contribution in [0.4, 0.5) is 18.0 Å². The van der Waals surface area contributed by atoms with Gasteiger partial charge >= 0.3 is 12.3 Å². The number of nitrogens with one attached hydrogen (secondary N) is 1. The summed E-state index contributed by atoms with van der Waals surface area (Å²) in [4.78, 5) is 16.4. The summed E-state index contributed by atoms with van der Waals surface area (Å²) in [5, 5.41) is 2.70. The quantitative estimate of drug-likeness (QED) is 0.782. The van der Waals surface area contributed by atoms with Crippen molar-refractivity contribution < 1.29 is 22.7 Å². The maximum Gasteiger partial charge on any atom is 0.407 e. The molecule has 1 unspecified atom stereocenters. The Morgan fingerprint density at radius 3 is 2.69 bits per heavy atom. The largest absolute Gasteiger partial charge is 0.444 e. The molecule has 2 aromatic heterocycles.